The summed E-state index contributed by atoms with van der Waals surface area (Å²) >= 11 is 0. The number of hydrogen-bond donors (Lipinski definition) is 2. The van der Waals surface area contributed by atoms with Crippen molar-refractivity contribution in [2.45, 2.75) is 5.92 Å². The molecule has 1 unspecified atom stereocenters. The Labute approximate surface area is 117 Å². The van der Waals surface area contributed by atoms with Crippen molar-refractivity contribution < 1.29 is 0 Å². The molecular formula is C16H16N4. The summed E-state index contributed by atoms with van der Waals surface area (Å²) in [7, 11) is 0. The molecule has 3 rings (SSSR count). The molecule has 1 atom stereocenters. The highest BCUT2D eigenvalue weighted by molar-refractivity contribution is 5.54. The molecule has 2 aromatic carbocycles. The second kappa shape index (κ2) is 5.67. The van der Waals surface area contributed by atoms with Crippen molar-refractivity contribution in [3.8, 4) is 11.4 Å². The second-order valence-electron chi connectivity index (χ2n) is 4.61. The number of benzene rings is 2. The van der Waals surface area contributed by atoms with Gasteiger partial charge >= 0.3 is 0 Å². The summed E-state index contributed by atoms with van der Waals surface area (Å²) in [6, 6.07) is 20.0. The Balaban J connectivity index is 1.93. The predicted molar refractivity (Wildman–Crippen MR) is 79.2 cm³/mol. The van der Waals surface area contributed by atoms with E-state index in [1.54, 1.807) is 0 Å². The molecular weight excluding hydrogens is 248 g/mol. The Morgan fingerprint density at radius 3 is 2.25 bits per heavy atom. The van der Waals surface area contributed by atoms with Crippen LogP contribution in [0, 0.1) is 0 Å². The van der Waals surface area contributed by atoms with Crippen molar-refractivity contribution in [1.82, 2.24) is 15.2 Å². The van der Waals surface area contributed by atoms with Crippen LogP contribution in [0.4, 0.5) is 0 Å². The third-order valence-electron chi connectivity index (χ3n) is 3.30. The number of nitrogens with two attached hydrogens (primary N) is 1. The average Bonchev–Trinajstić information content (AvgIpc) is 3.00. The van der Waals surface area contributed by atoms with Crippen molar-refractivity contribution in [3.05, 3.63) is 72.1 Å². The molecule has 100 valence electrons. The molecule has 0 amide bonds. The minimum atomic E-state index is 0.0427. The highest BCUT2D eigenvalue weighted by atomic mass is 15.2. The molecule has 0 radical (unpaired) electrons. The van der Waals surface area contributed by atoms with E-state index in [0.717, 1.165) is 17.0 Å². The lowest BCUT2D eigenvalue weighted by Crippen LogP contribution is -2.15. The fraction of sp³-hybridized carbons (Fsp3) is 0.125. The van der Waals surface area contributed by atoms with Crippen molar-refractivity contribution >= 4 is 0 Å². The van der Waals surface area contributed by atoms with Gasteiger partial charge in [0.25, 0.3) is 0 Å². The van der Waals surface area contributed by atoms with E-state index in [1.165, 1.54) is 0 Å². The Morgan fingerprint density at radius 2 is 1.60 bits per heavy atom. The first-order valence-electron chi connectivity index (χ1n) is 6.61. The molecule has 0 spiro atoms. The molecule has 0 fully saturated rings. The van der Waals surface area contributed by atoms with Crippen molar-refractivity contribution in [2.24, 2.45) is 5.73 Å². The maximum Gasteiger partial charge on any atom is 0.181 e. The number of hydrogen-bond acceptors (Lipinski definition) is 3. The molecule has 4 heteroatoms. The first kappa shape index (κ1) is 12.6. The first-order chi connectivity index (χ1) is 9.88. The van der Waals surface area contributed by atoms with E-state index in [4.69, 9.17) is 5.73 Å². The summed E-state index contributed by atoms with van der Waals surface area (Å²) in [4.78, 5) is 4.58. The molecule has 0 saturated heterocycles. The zero-order valence-corrected chi connectivity index (χ0v) is 11.0. The van der Waals surface area contributed by atoms with E-state index < -0.39 is 0 Å². The molecule has 20 heavy (non-hydrogen) atoms. The predicted octanol–water partition coefficient (Wildman–Crippen LogP) is 2.56. The van der Waals surface area contributed by atoms with E-state index in [-0.39, 0.29) is 5.92 Å². The monoisotopic (exact) mass is 264 g/mol. The third-order valence-corrected chi connectivity index (χ3v) is 3.30. The van der Waals surface area contributed by atoms with Gasteiger partial charge in [0.1, 0.15) is 5.82 Å². The summed E-state index contributed by atoms with van der Waals surface area (Å²) in [5.74, 6) is 1.55. The lowest BCUT2D eigenvalue weighted by molar-refractivity contribution is 0.755. The Morgan fingerprint density at radius 1 is 0.950 bits per heavy atom. The number of rotatable bonds is 4. The lowest BCUT2D eigenvalue weighted by Gasteiger charge is -2.11. The van der Waals surface area contributed by atoms with Gasteiger partial charge in [-0.3, -0.25) is 5.10 Å². The number of nitrogens with one attached hydrogen (secondary N) is 1. The fourth-order valence-corrected chi connectivity index (χ4v) is 2.24. The fourth-order valence-electron chi connectivity index (χ4n) is 2.24. The molecule has 0 bridgehead atoms. The highest BCUT2D eigenvalue weighted by Crippen LogP contribution is 2.22. The zero-order valence-electron chi connectivity index (χ0n) is 11.0. The topological polar surface area (TPSA) is 67.6 Å². The van der Waals surface area contributed by atoms with Gasteiger partial charge in [-0.1, -0.05) is 60.7 Å². The van der Waals surface area contributed by atoms with Gasteiger partial charge in [-0.15, -0.1) is 0 Å². The van der Waals surface area contributed by atoms with Gasteiger partial charge in [0.15, 0.2) is 5.82 Å². The molecule has 4 nitrogen and oxygen atoms in total. The summed E-state index contributed by atoms with van der Waals surface area (Å²) in [6.07, 6.45) is 0. The summed E-state index contributed by atoms with van der Waals surface area (Å²) in [5.41, 5.74) is 8.04. The normalized spacial score (nSPS) is 12.2. The van der Waals surface area contributed by atoms with Crippen LogP contribution in [0.1, 0.15) is 17.3 Å². The van der Waals surface area contributed by atoms with E-state index in [2.05, 4.69) is 27.3 Å². The van der Waals surface area contributed by atoms with Crippen LogP contribution in [0.15, 0.2) is 60.7 Å². The van der Waals surface area contributed by atoms with Crippen LogP contribution in [-0.2, 0) is 0 Å². The Bertz CT molecular complexity index is 661. The average molecular weight is 264 g/mol. The van der Waals surface area contributed by atoms with Crippen LogP contribution >= 0.6 is 0 Å². The van der Waals surface area contributed by atoms with Gasteiger partial charge in [-0.2, -0.15) is 5.10 Å². The minimum Gasteiger partial charge on any atom is -0.329 e. The van der Waals surface area contributed by atoms with Gasteiger partial charge in [0, 0.05) is 12.1 Å². The molecule has 1 heterocycles. The first-order valence-corrected chi connectivity index (χ1v) is 6.61. The molecule has 0 aliphatic rings. The van der Waals surface area contributed by atoms with E-state index in [9.17, 15) is 0 Å². The van der Waals surface area contributed by atoms with Crippen LogP contribution in [0.25, 0.3) is 11.4 Å². The SMILES string of the molecule is NCC(c1ccccc1)c1nc(-c2ccccc2)n[nH]1. The van der Waals surface area contributed by atoms with E-state index >= 15 is 0 Å². The van der Waals surface area contributed by atoms with Gasteiger partial charge in [-0.25, -0.2) is 4.98 Å². The molecule has 0 aliphatic heterocycles. The standard InChI is InChI=1S/C16H16N4/c17-11-14(12-7-3-1-4-8-12)16-18-15(19-20-16)13-9-5-2-6-10-13/h1-10,14H,11,17H2,(H,18,19,20). The van der Waals surface area contributed by atoms with E-state index in [0.29, 0.717) is 12.4 Å². The lowest BCUT2D eigenvalue weighted by atomic mass is 9.99. The Kier molecular flexibility index (Phi) is 3.56. The maximum atomic E-state index is 5.90. The zero-order chi connectivity index (χ0) is 13.8. The largest absolute Gasteiger partial charge is 0.329 e. The Hall–Kier alpha value is -2.46. The van der Waals surface area contributed by atoms with Crippen LogP contribution < -0.4 is 5.73 Å². The van der Waals surface area contributed by atoms with Crippen LogP contribution in [0.2, 0.25) is 0 Å². The summed E-state index contributed by atoms with van der Waals surface area (Å²) in [6.45, 7) is 0.493. The molecule has 1 aromatic heterocycles. The summed E-state index contributed by atoms with van der Waals surface area (Å²) in [5, 5.41) is 7.30. The van der Waals surface area contributed by atoms with Crippen LogP contribution in [0.5, 0.6) is 0 Å². The smallest absolute Gasteiger partial charge is 0.181 e. The molecule has 0 saturated carbocycles. The highest BCUT2D eigenvalue weighted by Gasteiger charge is 2.17. The summed E-state index contributed by atoms with van der Waals surface area (Å²) < 4.78 is 0. The third kappa shape index (κ3) is 2.46. The molecule has 3 N–H and O–H groups in total. The number of aromatic amines is 1. The second-order valence-corrected chi connectivity index (χ2v) is 4.61. The van der Waals surface area contributed by atoms with Crippen molar-refractivity contribution in [3.63, 3.8) is 0 Å². The minimum absolute atomic E-state index is 0.0427. The number of nitrogens with zero attached hydrogens (tertiary/aromatic N) is 2. The number of H-pyrrole nitrogens is 1. The molecule has 0 aliphatic carbocycles. The molecule has 3 aromatic rings. The van der Waals surface area contributed by atoms with Crippen molar-refractivity contribution in [2.75, 3.05) is 6.54 Å². The van der Waals surface area contributed by atoms with Crippen LogP contribution in [-0.4, -0.2) is 21.7 Å². The number of aromatic nitrogens is 3. The van der Waals surface area contributed by atoms with Gasteiger partial charge < -0.3 is 5.73 Å². The maximum absolute atomic E-state index is 5.90. The van der Waals surface area contributed by atoms with Gasteiger partial charge in [0.05, 0.1) is 5.92 Å². The quantitative estimate of drug-likeness (QED) is 0.761. The van der Waals surface area contributed by atoms with Crippen LogP contribution in [0.3, 0.4) is 0 Å². The van der Waals surface area contributed by atoms with E-state index in [1.807, 2.05) is 48.5 Å². The van der Waals surface area contributed by atoms with Crippen molar-refractivity contribution in [1.29, 1.82) is 0 Å². The van der Waals surface area contributed by atoms with Gasteiger partial charge in [-0.05, 0) is 5.56 Å². The van der Waals surface area contributed by atoms with Gasteiger partial charge in [0.2, 0.25) is 0 Å².